The van der Waals surface area contributed by atoms with E-state index in [-0.39, 0.29) is 12.2 Å². The summed E-state index contributed by atoms with van der Waals surface area (Å²) in [4.78, 5) is 10.6. The maximum absolute atomic E-state index is 13.5. The molecule has 3 nitrogen and oxygen atoms in total. The lowest BCUT2D eigenvalue weighted by atomic mass is 10.2. The number of thiophene rings is 1. The normalized spacial score (nSPS) is 10.3. The molecule has 0 radical (unpaired) electrons. The number of carboxylic acid groups (broad SMARTS) is 1. The average Bonchev–Trinajstić information content (AvgIpc) is 2.80. The fraction of sp³-hybridized carbons (Fsp3) is 0.0833. The summed E-state index contributed by atoms with van der Waals surface area (Å²) in [6.07, 6.45) is 0. The predicted molar refractivity (Wildman–Crippen MR) is 65.0 cm³/mol. The van der Waals surface area contributed by atoms with Crippen LogP contribution in [0.25, 0.3) is 0 Å². The third-order valence-electron chi connectivity index (χ3n) is 2.34. The van der Waals surface area contributed by atoms with E-state index in [9.17, 15) is 13.6 Å². The molecular weight excluding hydrogens is 260 g/mol. The first-order valence-electron chi connectivity index (χ1n) is 5.05. The summed E-state index contributed by atoms with van der Waals surface area (Å²) in [5.74, 6) is -3.19. The number of benzene rings is 1. The van der Waals surface area contributed by atoms with Crippen molar-refractivity contribution >= 4 is 23.0 Å². The molecule has 0 atom stereocenters. The smallest absolute Gasteiger partial charge is 0.335 e. The molecule has 1 heterocycles. The molecule has 0 aliphatic heterocycles. The summed E-state index contributed by atoms with van der Waals surface area (Å²) in [5, 5.41) is 15.0. The van der Waals surface area contributed by atoms with Gasteiger partial charge in [0.2, 0.25) is 0 Å². The molecule has 0 unspecified atom stereocenters. The van der Waals surface area contributed by atoms with Gasteiger partial charge in [0.15, 0.2) is 0 Å². The van der Waals surface area contributed by atoms with Gasteiger partial charge in [0.1, 0.15) is 17.3 Å². The summed E-state index contributed by atoms with van der Waals surface area (Å²) in [7, 11) is 0. The van der Waals surface area contributed by atoms with Crippen molar-refractivity contribution in [2.75, 3.05) is 5.32 Å². The molecule has 2 rings (SSSR count). The number of aromatic carboxylic acids is 1. The number of halogens is 2. The zero-order valence-corrected chi connectivity index (χ0v) is 9.93. The molecule has 0 saturated carbocycles. The fourth-order valence-corrected chi connectivity index (χ4v) is 2.12. The number of carbonyl (C=O) groups is 1. The van der Waals surface area contributed by atoms with Gasteiger partial charge in [-0.3, -0.25) is 0 Å². The van der Waals surface area contributed by atoms with Crippen LogP contribution in [0.15, 0.2) is 29.0 Å². The lowest BCUT2D eigenvalue weighted by Gasteiger charge is -2.08. The second kappa shape index (κ2) is 5.14. The first-order chi connectivity index (χ1) is 8.58. The van der Waals surface area contributed by atoms with E-state index in [1.165, 1.54) is 11.3 Å². The van der Waals surface area contributed by atoms with E-state index in [1.54, 1.807) is 0 Å². The molecule has 1 aromatic carbocycles. The Balaban J connectivity index is 2.20. The van der Waals surface area contributed by atoms with Gasteiger partial charge < -0.3 is 10.4 Å². The molecule has 0 spiro atoms. The third-order valence-corrected chi connectivity index (χ3v) is 3.07. The predicted octanol–water partition coefficient (Wildman–Crippen LogP) is 3.34. The molecule has 1 aromatic heterocycles. The standard InChI is InChI=1S/C12H9F2NO2S/c13-9-3-8(12(16)17)4-10(14)11(9)15-5-7-1-2-18-6-7/h1-4,6,15H,5H2,(H,16,17). The maximum Gasteiger partial charge on any atom is 0.335 e. The van der Waals surface area contributed by atoms with Gasteiger partial charge in [0, 0.05) is 6.54 Å². The Kier molecular flexibility index (Phi) is 3.57. The lowest BCUT2D eigenvalue weighted by molar-refractivity contribution is 0.0696. The monoisotopic (exact) mass is 269 g/mol. The topological polar surface area (TPSA) is 49.3 Å². The molecule has 18 heavy (non-hydrogen) atoms. The van der Waals surface area contributed by atoms with E-state index >= 15 is 0 Å². The van der Waals surface area contributed by atoms with Gasteiger partial charge in [-0.2, -0.15) is 11.3 Å². The summed E-state index contributed by atoms with van der Waals surface area (Å²) in [6, 6.07) is 3.42. The molecule has 94 valence electrons. The molecule has 2 N–H and O–H groups in total. The van der Waals surface area contributed by atoms with Crippen LogP contribution >= 0.6 is 11.3 Å². The SMILES string of the molecule is O=C(O)c1cc(F)c(NCc2ccsc2)c(F)c1. The van der Waals surface area contributed by atoms with Crippen molar-refractivity contribution in [3.8, 4) is 0 Å². The van der Waals surface area contributed by atoms with Crippen molar-refractivity contribution in [1.82, 2.24) is 0 Å². The van der Waals surface area contributed by atoms with E-state index in [4.69, 9.17) is 5.11 Å². The molecule has 0 fully saturated rings. The first kappa shape index (κ1) is 12.5. The second-order valence-corrected chi connectivity index (χ2v) is 4.39. The molecule has 2 aromatic rings. The van der Waals surface area contributed by atoms with Crippen LogP contribution < -0.4 is 5.32 Å². The summed E-state index contributed by atoms with van der Waals surface area (Å²) >= 11 is 1.48. The van der Waals surface area contributed by atoms with Crippen molar-refractivity contribution in [2.45, 2.75) is 6.54 Å². The minimum Gasteiger partial charge on any atom is -0.478 e. The van der Waals surface area contributed by atoms with E-state index < -0.39 is 23.2 Å². The van der Waals surface area contributed by atoms with Crippen LogP contribution in [0.3, 0.4) is 0 Å². The number of anilines is 1. The Bertz CT molecular complexity index is 546. The molecule has 0 bridgehead atoms. The van der Waals surface area contributed by atoms with Crippen LogP contribution in [-0.2, 0) is 6.54 Å². The van der Waals surface area contributed by atoms with Gasteiger partial charge in [-0.1, -0.05) is 0 Å². The van der Waals surface area contributed by atoms with Crippen LogP contribution in [-0.4, -0.2) is 11.1 Å². The first-order valence-corrected chi connectivity index (χ1v) is 5.99. The Morgan fingerprint density at radius 3 is 2.50 bits per heavy atom. The number of rotatable bonds is 4. The minimum absolute atomic E-state index is 0.282. The Morgan fingerprint density at radius 2 is 2.00 bits per heavy atom. The second-order valence-electron chi connectivity index (χ2n) is 3.61. The van der Waals surface area contributed by atoms with Crippen molar-refractivity contribution in [2.24, 2.45) is 0 Å². The summed E-state index contributed by atoms with van der Waals surface area (Å²) < 4.78 is 27.1. The van der Waals surface area contributed by atoms with Crippen LogP contribution in [0.5, 0.6) is 0 Å². The van der Waals surface area contributed by atoms with E-state index in [0.29, 0.717) is 0 Å². The quantitative estimate of drug-likeness (QED) is 0.895. The number of hydrogen-bond donors (Lipinski definition) is 2. The van der Waals surface area contributed by atoms with Gasteiger partial charge in [-0.25, -0.2) is 13.6 Å². The minimum atomic E-state index is -1.36. The van der Waals surface area contributed by atoms with Crippen molar-refractivity contribution in [1.29, 1.82) is 0 Å². The van der Waals surface area contributed by atoms with Crippen LogP contribution in [0, 0.1) is 11.6 Å². The van der Waals surface area contributed by atoms with E-state index in [0.717, 1.165) is 17.7 Å². The summed E-state index contributed by atoms with van der Waals surface area (Å²) in [6.45, 7) is 0.282. The van der Waals surface area contributed by atoms with Crippen molar-refractivity contribution in [3.63, 3.8) is 0 Å². The Morgan fingerprint density at radius 1 is 1.33 bits per heavy atom. The Labute approximate surface area is 106 Å². The molecule has 0 aliphatic rings. The van der Waals surface area contributed by atoms with Crippen LogP contribution in [0.1, 0.15) is 15.9 Å². The molecular formula is C12H9F2NO2S. The lowest BCUT2D eigenvalue weighted by Crippen LogP contribution is -2.06. The highest BCUT2D eigenvalue weighted by molar-refractivity contribution is 7.07. The van der Waals surface area contributed by atoms with Gasteiger partial charge in [-0.15, -0.1) is 0 Å². The van der Waals surface area contributed by atoms with Crippen molar-refractivity contribution < 1.29 is 18.7 Å². The Hall–Kier alpha value is -1.95. The van der Waals surface area contributed by atoms with Crippen LogP contribution in [0.4, 0.5) is 14.5 Å². The highest BCUT2D eigenvalue weighted by Gasteiger charge is 2.14. The zero-order valence-electron chi connectivity index (χ0n) is 9.11. The van der Waals surface area contributed by atoms with Gasteiger partial charge in [-0.05, 0) is 34.5 Å². The van der Waals surface area contributed by atoms with Crippen molar-refractivity contribution in [3.05, 3.63) is 51.7 Å². The molecule has 0 aliphatic carbocycles. The molecule has 0 saturated heterocycles. The highest BCUT2D eigenvalue weighted by atomic mass is 32.1. The van der Waals surface area contributed by atoms with E-state index in [2.05, 4.69) is 5.32 Å². The summed E-state index contributed by atoms with van der Waals surface area (Å²) in [5.41, 5.74) is 0.179. The number of carboxylic acids is 1. The maximum atomic E-state index is 13.5. The third kappa shape index (κ3) is 2.65. The highest BCUT2D eigenvalue weighted by Crippen LogP contribution is 2.22. The average molecular weight is 269 g/mol. The molecule has 0 amide bonds. The van der Waals surface area contributed by atoms with E-state index in [1.807, 2.05) is 16.8 Å². The zero-order chi connectivity index (χ0) is 13.1. The fourth-order valence-electron chi connectivity index (χ4n) is 1.45. The number of hydrogen-bond acceptors (Lipinski definition) is 3. The van der Waals surface area contributed by atoms with Gasteiger partial charge >= 0.3 is 5.97 Å². The molecule has 6 heteroatoms. The number of nitrogens with one attached hydrogen (secondary N) is 1. The van der Waals surface area contributed by atoms with Crippen LogP contribution in [0.2, 0.25) is 0 Å². The largest absolute Gasteiger partial charge is 0.478 e. The van der Waals surface area contributed by atoms with Gasteiger partial charge in [0.25, 0.3) is 0 Å². The van der Waals surface area contributed by atoms with Gasteiger partial charge in [0.05, 0.1) is 5.56 Å².